The van der Waals surface area contributed by atoms with E-state index in [1.165, 1.54) is 6.08 Å². The highest BCUT2D eigenvalue weighted by molar-refractivity contribution is 5.88. The molecule has 1 aliphatic rings. The molecule has 1 saturated carbocycles. The minimum atomic E-state index is -1.54. The number of hydrogen-bond acceptors (Lipinski definition) is 3. The zero-order valence-corrected chi connectivity index (χ0v) is 8.54. The number of isocyanates is 1. The van der Waals surface area contributed by atoms with E-state index in [0.717, 1.165) is 12.1 Å². The van der Waals surface area contributed by atoms with Crippen molar-refractivity contribution in [3.63, 3.8) is 0 Å². The van der Waals surface area contributed by atoms with E-state index in [2.05, 4.69) is 4.99 Å². The van der Waals surface area contributed by atoms with Crippen LogP contribution in [0.25, 0.3) is 0 Å². The van der Waals surface area contributed by atoms with Gasteiger partial charge < -0.3 is 5.11 Å². The number of carbonyl (C=O) groups is 1. The first-order valence-corrected chi connectivity index (χ1v) is 4.82. The summed E-state index contributed by atoms with van der Waals surface area (Å²) in [6.07, 6.45) is 2.17. The molecule has 88 valence electrons. The van der Waals surface area contributed by atoms with Gasteiger partial charge in [-0.15, -0.1) is 0 Å². The van der Waals surface area contributed by atoms with Gasteiger partial charge in [-0.2, -0.15) is 4.99 Å². The molecule has 0 heterocycles. The van der Waals surface area contributed by atoms with Gasteiger partial charge in [-0.1, -0.05) is 6.07 Å². The van der Waals surface area contributed by atoms with Gasteiger partial charge >= 0.3 is 5.97 Å². The maximum Gasteiger partial charge on any atom is 0.338 e. The van der Waals surface area contributed by atoms with Gasteiger partial charge in [0.05, 0.1) is 5.56 Å². The molecule has 1 aromatic carbocycles. The first-order chi connectivity index (χ1) is 8.02. The monoisotopic (exact) mass is 239 g/mol. The van der Waals surface area contributed by atoms with E-state index in [4.69, 9.17) is 5.11 Å². The van der Waals surface area contributed by atoms with E-state index in [1.54, 1.807) is 0 Å². The van der Waals surface area contributed by atoms with Crippen molar-refractivity contribution in [2.75, 3.05) is 0 Å². The van der Waals surface area contributed by atoms with Crippen LogP contribution in [-0.4, -0.2) is 17.2 Å². The molecular weight excluding hydrogens is 232 g/mol. The average Bonchev–Trinajstić information content (AvgIpc) is 3.03. The second-order valence-corrected chi connectivity index (χ2v) is 3.83. The van der Waals surface area contributed by atoms with Crippen LogP contribution in [0.3, 0.4) is 0 Å². The molecule has 4 nitrogen and oxygen atoms in total. The Bertz CT molecular complexity index is 546. The van der Waals surface area contributed by atoms with Gasteiger partial charge in [0, 0.05) is 5.56 Å². The third-order valence-corrected chi connectivity index (χ3v) is 2.80. The number of carboxylic acids is 1. The molecule has 0 unspecified atom stereocenters. The van der Waals surface area contributed by atoms with Crippen molar-refractivity contribution < 1.29 is 23.5 Å². The molecule has 0 aliphatic heterocycles. The second-order valence-electron chi connectivity index (χ2n) is 3.83. The minimum Gasteiger partial charge on any atom is -0.478 e. The van der Waals surface area contributed by atoms with Crippen molar-refractivity contribution in [3.05, 3.63) is 34.9 Å². The van der Waals surface area contributed by atoms with Gasteiger partial charge in [0.25, 0.3) is 0 Å². The summed E-state index contributed by atoms with van der Waals surface area (Å²) >= 11 is 0. The number of aliphatic imine (C=N–C) groups is 1. The van der Waals surface area contributed by atoms with E-state index in [-0.39, 0.29) is 5.56 Å². The molecule has 0 saturated heterocycles. The van der Waals surface area contributed by atoms with Crippen molar-refractivity contribution in [1.82, 2.24) is 0 Å². The molecule has 0 amide bonds. The molecule has 0 atom stereocenters. The standard InChI is InChI=1S/C11H7F2NO3/c12-8-6(10(16)17)1-2-7(9(8)13)11(3-4-11)14-5-15/h1-2H,3-4H2,(H,16,17). The fourth-order valence-electron chi connectivity index (χ4n) is 1.72. The number of aromatic carboxylic acids is 1. The summed E-state index contributed by atoms with van der Waals surface area (Å²) in [7, 11) is 0. The van der Waals surface area contributed by atoms with Crippen molar-refractivity contribution in [2.45, 2.75) is 18.4 Å². The molecule has 17 heavy (non-hydrogen) atoms. The van der Waals surface area contributed by atoms with Crippen LogP contribution in [0.2, 0.25) is 0 Å². The highest BCUT2D eigenvalue weighted by Crippen LogP contribution is 2.50. The van der Waals surface area contributed by atoms with Gasteiger partial charge in [-0.05, 0) is 18.9 Å². The quantitative estimate of drug-likeness (QED) is 0.647. The number of nitrogens with zero attached hydrogens (tertiary/aromatic N) is 1. The Labute approximate surface area is 94.6 Å². The van der Waals surface area contributed by atoms with Crippen LogP contribution in [-0.2, 0) is 10.3 Å². The van der Waals surface area contributed by atoms with Crippen molar-refractivity contribution in [3.8, 4) is 0 Å². The maximum absolute atomic E-state index is 13.7. The lowest BCUT2D eigenvalue weighted by Gasteiger charge is -2.10. The maximum atomic E-state index is 13.7. The van der Waals surface area contributed by atoms with Crippen molar-refractivity contribution in [2.24, 2.45) is 4.99 Å². The molecule has 0 radical (unpaired) electrons. The topological polar surface area (TPSA) is 66.7 Å². The number of hydrogen-bond donors (Lipinski definition) is 1. The van der Waals surface area contributed by atoms with E-state index in [0.29, 0.717) is 12.8 Å². The number of halogens is 2. The average molecular weight is 239 g/mol. The summed E-state index contributed by atoms with van der Waals surface area (Å²) in [6.45, 7) is 0. The summed E-state index contributed by atoms with van der Waals surface area (Å²) < 4.78 is 27.1. The predicted octanol–water partition coefficient (Wildman–Crippen LogP) is 1.99. The van der Waals surface area contributed by atoms with E-state index < -0.39 is 28.7 Å². The Morgan fingerprint density at radius 2 is 2.00 bits per heavy atom. The molecular formula is C11H7F2NO3. The SMILES string of the molecule is O=C=NC1(c2ccc(C(=O)O)c(F)c2F)CC1. The normalized spacial score (nSPS) is 16.1. The van der Waals surface area contributed by atoms with Crippen LogP contribution in [0.4, 0.5) is 8.78 Å². The molecule has 1 fully saturated rings. The number of benzene rings is 1. The molecule has 6 heteroatoms. The lowest BCUT2D eigenvalue weighted by Crippen LogP contribution is -2.11. The lowest BCUT2D eigenvalue weighted by molar-refractivity contribution is 0.0690. The highest BCUT2D eigenvalue weighted by Gasteiger charge is 2.47. The van der Waals surface area contributed by atoms with Crippen LogP contribution in [0.1, 0.15) is 28.8 Å². The van der Waals surface area contributed by atoms with Crippen LogP contribution in [0.15, 0.2) is 17.1 Å². The second kappa shape index (κ2) is 3.75. The van der Waals surface area contributed by atoms with Gasteiger partial charge in [0.2, 0.25) is 6.08 Å². The van der Waals surface area contributed by atoms with Crippen LogP contribution >= 0.6 is 0 Å². The number of rotatable bonds is 3. The molecule has 2 rings (SSSR count). The number of carboxylic acid groups (broad SMARTS) is 1. The number of carbonyl (C=O) groups excluding carboxylic acids is 1. The fourth-order valence-corrected chi connectivity index (χ4v) is 1.72. The summed E-state index contributed by atoms with van der Waals surface area (Å²) in [5.41, 5.74) is -1.88. The van der Waals surface area contributed by atoms with Crippen LogP contribution in [0, 0.1) is 11.6 Å². The lowest BCUT2D eigenvalue weighted by atomic mass is 10.0. The Kier molecular flexibility index (Phi) is 2.52. The third kappa shape index (κ3) is 1.72. The van der Waals surface area contributed by atoms with Crippen molar-refractivity contribution in [1.29, 1.82) is 0 Å². The third-order valence-electron chi connectivity index (χ3n) is 2.80. The molecule has 1 aliphatic carbocycles. The Balaban J connectivity index is 2.56. The van der Waals surface area contributed by atoms with E-state index in [1.807, 2.05) is 0 Å². The van der Waals surface area contributed by atoms with E-state index >= 15 is 0 Å². The minimum absolute atomic E-state index is 0.0941. The Morgan fingerprint density at radius 1 is 1.35 bits per heavy atom. The van der Waals surface area contributed by atoms with Gasteiger partial charge in [-0.25, -0.2) is 18.4 Å². The fraction of sp³-hybridized carbons (Fsp3) is 0.273. The zero-order valence-electron chi connectivity index (χ0n) is 8.54. The van der Waals surface area contributed by atoms with Crippen LogP contribution in [0.5, 0.6) is 0 Å². The molecule has 0 bridgehead atoms. The Morgan fingerprint density at radius 3 is 2.47 bits per heavy atom. The zero-order chi connectivity index (χ0) is 12.6. The molecule has 0 spiro atoms. The summed E-state index contributed by atoms with van der Waals surface area (Å²) in [4.78, 5) is 24.2. The molecule has 0 aromatic heterocycles. The van der Waals surface area contributed by atoms with E-state index in [9.17, 15) is 18.4 Å². The first-order valence-electron chi connectivity index (χ1n) is 4.82. The highest BCUT2D eigenvalue weighted by atomic mass is 19.2. The molecule has 1 aromatic rings. The summed E-state index contributed by atoms with van der Waals surface area (Å²) in [5.74, 6) is -4.24. The Hall–Kier alpha value is -2.07. The first kappa shape index (κ1) is 11.4. The van der Waals surface area contributed by atoms with Crippen molar-refractivity contribution >= 4 is 12.0 Å². The van der Waals surface area contributed by atoms with Crippen LogP contribution < -0.4 is 0 Å². The largest absolute Gasteiger partial charge is 0.478 e. The predicted molar refractivity (Wildman–Crippen MR) is 52.4 cm³/mol. The smallest absolute Gasteiger partial charge is 0.338 e. The summed E-state index contributed by atoms with van der Waals surface area (Å²) in [5, 5.41) is 8.61. The molecule has 1 N–H and O–H groups in total. The van der Waals surface area contributed by atoms with Gasteiger partial charge in [0.15, 0.2) is 11.6 Å². The summed E-state index contributed by atoms with van der Waals surface area (Å²) in [6, 6.07) is 2.12. The van der Waals surface area contributed by atoms with Gasteiger partial charge in [0.1, 0.15) is 5.54 Å². The van der Waals surface area contributed by atoms with Gasteiger partial charge in [-0.3, -0.25) is 0 Å².